The average Bonchev–Trinajstić information content (AvgIpc) is 3.31. The summed E-state index contributed by atoms with van der Waals surface area (Å²) in [4.78, 5) is 11.9. The number of benzene rings is 2. The number of hydrogen-bond acceptors (Lipinski definition) is 3. The van der Waals surface area contributed by atoms with E-state index in [9.17, 15) is 9.18 Å². The van der Waals surface area contributed by atoms with Crippen LogP contribution < -0.4 is 10.1 Å². The van der Waals surface area contributed by atoms with Gasteiger partial charge in [-0.1, -0.05) is 36.4 Å². The molecule has 0 saturated heterocycles. The quantitative estimate of drug-likeness (QED) is 0.837. The number of carbonyl (C=O) groups excluding carboxylic acids is 1. The Morgan fingerprint density at radius 2 is 1.92 bits per heavy atom. The molecule has 1 fully saturated rings. The molecule has 1 saturated carbocycles. The second-order valence-corrected chi connectivity index (χ2v) is 7.55. The first-order valence-corrected chi connectivity index (χ1v) is 8.77. The highest BCUT2D eigenvalue weighted by Crippen LogP contribution is 2.45. The van der Waals surface area contributed by atoms with Crippen LogP contribution in [-0.2, 0) is 11.3 Å². The lowest BCUT2D eigenvalue weighted by atomic mass is 10.1. The van der Waals surface area contributed by atoms with Gasteiger partial charge in [0.15, 0.2) is 0 Å². The third-order valence-corrected chi connectivity index (χ3v) is 4.10. The molecule has 5 heteroatoms. The monoisotopic (exact) mass is 357 g/mol. The summed E-state index contributed by atoms with van der Waals surface area (Å²) in [5.41, 5.74) is 1.39. The van der Waals surface area contributed by atoms with Crippen LogP contribution in [0.4, 0.5) is 9.18 Å². The lowest BCUT2D eigenvalue weighted by molar-refractivity contribution is 0.0522. The highest BCUT2D eigenvalue weighted by Gasteiger charge is 2.42. The van der Waals surface area contributed by atoms with Crippen molar-refractivity contribution in [2.24, 2.45) is 0 Å². The summed E-state index contributed by atoms with van der Waals surface area (Å²) < 4.78 is 24.8. The largest absolute Gasteiger partial charge is 0.489 e. The summed E-state index contributed by atoms with van der Waals surface area (Å²) in [5.74, 6) is 0.287. The Bertz CT molecular complexity index is 771. The van der Waals surface area contributed by atoms with Crippen molar-refractivity contribution in [3.05, 3.63) is 65.5 Å². The van der Waals surface area contributed by atoms with Gasteiger partial charge in [-0.3, -0.25) is 0 Å². The smallest absolute Gasteiger partial charge is 0.407 e. The van der Waals surface area contributed by atoms with Gasteiger partial charge in [0.25, 0.3) is 0 Å². The molecule has 2 atom stereocenters. The maximum absolute atomic E-state index is 13.7. The van der Waals surface area contributed by atoms with E-state index in [4.69, 9.17) is 9.47 Å². The maximum Gasteiger partial charge on any atom is 0.407 e. The number of hydrogen-bond donors (Lipinski definition) is 1. The van der Waals surface area contributed by atoms with E-state index in [1.807, 2.05) is 51.1 Å². The third kappa shape index (κ3) is 4.97. The van der Waals surface area contributed by atoms with Crippen LogP contribution in [0.5, 0.6) is 5.75 Å². The highest BCUT2D eigenvalue weighted by molar-refractivity contribution is 5.69. The summed E-state index contributed by atoms with van der Waals surface area (Å²) in [7, 11) is 0. The molecule has 0 aromatic heterocycles. The van der Waals surface area contributed by atoms with Crippen LogP contribution in [0, 0.1) is 5.82 Å². The van der Waals surface area contributed by atoms with E-state index in [1.54, 1.807) is 6.07 Å². The zero-order chi connectivity index (χ0) is 18.7. The van der Waals surface area contributed by atoms with Crippen molar-refractivity contribution in [2.45, 2.75) is 51.4 Å². The minimum Gasteiger partial charge on any atom is -0.489 e. The number of alkyl carbamates (subject to hydrolysis) is 1. The van der Waals surface area contributed by atoms with Crippen molar-refractivity contribution in [2.75, 3.05) is 0 Å². The van der Waals surface area contributed by atoms with Crippen molar-refractivity contribution in [3.8, 4) is 5.75 Å². The standard InChI is InChI=1S/C21H24FNO3/c1-21(2,3)26-20(24)23-18-12-17(18)16-10-9-15(22)11-19(16)25-13-14-7-5-4-6-8-14/h4-11,17-18H,12-13H2,1-3H3,(H,23,24). The molecule has 0 bridgehead atoms. The Kier molecular flexibility index (Phi) is 5.16. The first kappa shape index (κ1) is 18.2. The van der Waals surface area contributed by atoms with E-state index in [1.165, 1.54) is 12.1 Å². The molecule has 26 heavy (non-hydrogen) atoms. The van der Waals surface area contributed by atoms with Gasteiger partial charge in [0.2, 0.25) is 0 Å². The summed E-state index contributed by atoms with van der Waals surface area (Å²) in [6, 6.07) is 14.3. The summed E-state index contributed by atoms with van der Waals surface area (Å²) in [6.45, 7) is 5.85. The molecule has 1 N–H and O–H groups in total. The third-order valence-electron chi connectivity index (χ3n) is 4.10. The summed E-state index contributed by atoms with van der Waals surface area (Å²) >= 11 is 0. The average molecular weight is 357 g/mol. The van der Waals surface area contributed by atoms with Crippen LogP contribution in [-0.4, -0.2) is 17.7 Å². The van der Waals surface area contributed by atoms with Crippen LogP contribution in [0.1, 0.15) is 44.2 Å². The maximum atomic E-state index is 13.7. The SMILES string of the molecule is CC(C)(C)OC(=O)NC1CC1c1ccc(F)cc1OCc1ccccc1. The minimum absolute atomic E-state index is 0.0191. The fourth-order valence-electron chi connectivity index (χ4n) is 2.83. The predicted molar refractivity (Wildman–Crippen MR) is 97.7 cm³/mol. The molecular formula is C21H24FNO3. The normalized spacial score (nSPS) is 18.9. The molecule has 0 radical (unpaired) electrons. The van der Waals surface area contributed by atoms with Crippen molar-refractivity contribution in [1.82, 2.24) is 5.32 Å². The van der Waals surface area contributed by atoms with E-state index in [2.05, 4.69) is 5.32 Å². The molecule has 4 nitrogen and oxygen atoms in total. The van der Waals surface area contributed by atoms with Crippen LogP contribution in [0.3, 0.4) is 0 Å². The number of carbonyl (C=O) groups is 1. The van der Waals surface area contributed by atoms with Crippen molar-refractivity contribution >= 4 is 6.09 Å². The van der Waals surface area contributed by atoms with E-state index in [0.29, 0.717) is 12.4 Å². The number of amides is 1. The fourth-order valence-corrected chi connectivity index (χ4v) is 2.83. The first-order chi connectivity index (χ1) is 12.3. The molecule has 0 heterocycles. The Balaban J connectivity index is 1.64. The summed E-state index contributed by atoms with van der Waals surface area (Å²) in [5, 5.41) is 2.86. The topological polar surface area (TPSA) is 47.6 Å². The van der Waals surface area contributed by atoms with Crippen LogP contribution >= 0.6 is 0 Å². The van der Waals surface area contributed by atoms with Crippen molar-refractivity contribution < 1.29 is 18.7 Å². The molecule has 2 aromatic carbocycles. The first-order valence-electron chi connectivity index (χ1n) is 8.77. The van der Waals surface area contributed by atoms with Gasteiger partial charge in [0, 0.05) is 18.0 Å². The molecule has 0 aliphatic heterocycles. The molecule has 1 aliphatic carbocycles. The molecule has 1 amide bonds. The Morgan fingerprint density at radius 3 is 2.62 bits per heavy atom. The second kappa shape index (κ2) is 7.36. The number of ether oxygens (including phenoxy) is 2. The fraction of sp³-hybridized carbons (Fsp3) is 0.381. The highest BCUT2D eigenvalue weighted by atomic mass is 19.1. The molecule has 138 valence electrons. The Labute approximate surface area is 153 Å². The minimum atomic E-state index is -0.533. The number of halogens is 1. The van der Waals surface area contributed by atoms with E-state index >= 15 is 0 Å². The lowest BCUT2D eigenvalue weighted by Crippen LogP contribution is -2.34. The molecule has 2 aromatic rings. The van der Waals surface area contributed by atoms with Crippen LogP contribution in [0.15, 0.2) is 48.5 Å². The summed E-state index contributed by atoms with van der Waals surface area (Å²) in [6.07, 6.45) is 0.353. The van der Waals surface area contributed by atoms with Gasteiger partial charge < -0.3 is 14.8 Å². The van der Waals surface area contributed by atoms with E-state index in [-0.39, 0.29) is 17.8 Å². The van der Waals surface area contributed by atoms with Crippen LogP contribution in [0.2, 0.25) is 0 Å². The molecule has 3 rings (SSSR count). The van der Waals surface area contributed by atoms with Crippen LogP contribution in [0.25, 0.3) is 0 Å². The van der Waals surface area contributed by atoms with Gasteiger partial charge in [0.1, 0.15) is 23.8 Å². The van der Waals surface area contributed by atoms with Gasteiger partial charge in [0.05, 0.1) is 0 Å². The Morgan fingerprint density at radius 1 is 1.19 bits per heavy atom. The molecule has 1 aliphatic rings. The zero-order valence-corrected chi connectivity index (χ0v) is 15.3. The second-order valence-electron chi connectivity index (χ2n) is 7.55. The van der Waals surface area contributed by atoms with E-state index in [0.717, 1.165) is 17.5 Å². The molecular weight excluding hydrogens is 333 g/mol. The molecule has 0 spiro atoms. The van der Waals surface area contributed by atoms with Gasteiger partial charge in [-0.05, 0) is 44.4 Å². The Hall–Kier alpha value is -2.56. The van der Waals surface area contributed by atoms with Gasteiger partial charge >= 0.3 is 6.09 Å². The number of rotatable bonds is 5. The zero-order valence-electron chi connectivity index (χ0n) is 15.3. The molecule has 2 unspecified atom stereocenters. The van der Waals surface area contributed by atoms with E-state index < -0.39 is 11.7 Å². The van der Waals surface area contributed by atoms with Crippen molar-refractivity contribution in [1.29, 1.82) is 0 Å². The predicted octanol–water partition coefficient (Wildman–Crippen LogP) is 4.79. The van der Waals surface area contributed by atoms with Gasteiger partial charge in [-0.25, -0.2) is 9.18 Å². The van der Waals surface area contributed by atoms with Gasteiger partial charge in [-0.15, -0.1) is 0 Å². The van der Waals surface area contributed by atoms with Gasteiger partial charge in [-0.2, -0.15) is 0 Å². The van der Waals surface area contributed by atoms with Crippen molar-refractivity contribution in [3.63, 3.8) is 0 Å². The lowest BCUT2D eigenvalue weighted by Gasteiger charge is -2.19. The number of nitrogens with one attached hydrogen (secondary N) is 1.